The summed E-state index contributed by atoms with van der Waals surface area (Å²) in [6, 6.07) is 31.2. The van der Waals surface area contributed by atoms with Crippen LogP contribution in [0.25, 0.3) is 11.3 Å². The molecule has 6 rings (SSSR count). The minimum Gasteiger partial charge on any atom is -0.457 e. The molecule has 0 fully saturated rings. The van der Waals surface area contributed by atoms with E-state index in [1.165, 1.54) is 48.7 Å². The average Bonchev–Trinajstić information content (AvgIpc) is 3.11. The predicted octanol–water partition coefficient (Wildman–Crippen LogP) is 7.18. The number of pyridine rings is 2. The molecule has 0 spiro atoms. The van der Waals surface area contributed by atoms with E-state index >= 15 is 0 Å². The normalized spacial score (nSPS) is 9.63. The van der Waals surface area contributed by atoms with E-state index in [1.807, 2.05) is 0 Å². The molecule has 0 atom stereocenters. The van der Waals surface area contributed by atoms with E-state index in [0.29, 0.717) is 39.7 Å². The van der Waals surface area contributed by atoms with Crippen molar-refractivity contribution in [2.45, 2.75) is 14.9 Å². The number of carbonyl (C=O) groups is 2. The van der Waals surface area contributed by atoms with Crippen LogP contribution in [0.2, 0.25) is 5.15 Å². The first-order valence-corrected chi connectivity index (χ1v) is 15.0. The summed E-state index contributed by atoms with van der Waals surface area (Å²) in [6.07, 6.45) is 3.10. The van der Waals surface area contributed by atoms with Crippen LogP contribution in [0.4, 0.5) is 8.78 Å². The number of nitrogens with zero attached hydrogens (tertiary/aromatic N) is 2. The zero-order valence-electron chi connectivity index (χ0n) is 26.0. The molecule has 268 valence electrons. The molecular weight excluding hydrogens is 693 g/mol. The highest BCUT2D eigenvalue weighted by Gasteiger charge is 2.12. The van der Waals surface area contributed by atoms with Crippen molar-refractivity contribution in [3.63, 3.8) is 0 Å². The second-order valence-electron chi connectivity index (χ2n) is 10.0. The Labute approximate surface area is 305 Å². The monoisotopic (exact) mass is 728 g/mol. The van der Waals surface area contributed by atoms with Gasteiger partial charge in [-0.15, -0.1) is 0 Å². The highest BCUT2D eigenvalue weighted by Crippen LogP contribution is 2.27. The summed E-state index contributed by atoms with van der Waals surface area (Å²) < 4.78 is 36.6. The molecule has 0 aliphatic rings. The number of nitrogens with two attached hydrogens (primary N) is 2. The minimum atomic E-state index is -1.49. The van der Waals surface area contributed by atoms with Crippen molar-refractivity contribution in [1.82, 2.24) is 9.97 Å². The van der Waals surface area contributed by atoms with E-state index in [-0.39, 0.29) is 37.2 Å². The van der Waals surface area contributed by atoms with Gasteiger partial charge in [-0.25, -0.2) is 13.8 Å². The van der Waals surface area contributed by atoms with E-state index in [2.05, 4.69) is 9.97 Å². The molecule has 0 aliphatic carbocycles. The lowest BCUT2D eigenvalue weighted by atomic mass is 9.80. The fourth-order valence-corrected chi connectivity index (χ4v) is 4.28. The van der Waals surface area contributed by atoms with Crippen molar-refractivity contribution in [3.05, 3.63) is 162 Å². The number of halogens is 3. The van der Waals surface area contributed by atoms with Gasteiger partial charge in [0.2, 0.25) is 0 Å². The summed E-state index contributed by atoms with van der Waals surface area (Å²) in [5.74, 6) is 0.465. The molecule has 0 saturated carbocycles. The van der Waals surface area contributed by atoms with Crippen molar-refractivity contribution < 1.29 is 37.9 Å². The molecule has 0 unspecified atom stereocenters. The molecule has 0 aliphatic heterocycles. The molecule has 2 amide bonds. The molecule has 10 nitrogen and oxygen atoms in total. The van der Waals surface area contributed by atoms with E-state index in [9.17, 15) is 18.4 Å². The Morgan fingerprint density at radius 3 is 1.37 bits per heavy atom. The molecule has 0 bridgehead atoms. The summed E-state index contributed by atoms with van der Waals surface area (Å²) in [5.41, 5.74) is 12.6. The topological polar surface area (TPSA) is 171 Å². The van der Waals surface area contributed by atoms with Crippen molar-refractivity contribution >= 4 is 36.0 Å². The quantitative estimate of drug-likeness (QED) is 0.0943. The van der Waals surface area contributed by atoms with Gasteiger partial charge < -0.3 is 31.0 Å². The number of aromatic nitrogens is 2. The Kier molecular flexibility index (Phi) is 16.6. The Bertz CT molecular complexity index is 2020. The van der Waals surface area contributed by atoms with Gasteiger partial charge >= 0.3 is 7.12 Å². The first-order chi connectivity index (χ1) is 24.0. The number of ether oxygens (including phenoxy) is 2. The number of rotatable bonds is 8. The van der Waals surface area contributed by atoms with Gasteiger partial charge in [0, 0.05) is 18.0 Å². The van der Waals surface area contributed by atoms with Crippen molar-refractivity contribution in [2.24, 2.45) is 11.5 Å². The fourth-order valence-electron chi connectivity index (χ4n) is 4.07. The van der Waals surface area contributed by atoms with Crippen LogP contribution in [0.15, 0.2) is 134 Å². The Hall–Kier alpha value is -6.15. The summed E-state index contributed by atoms with van der Waals surface area (Å²) in [7, 11) is -1.49. The summed E-state index contributed by atoms with van der Waals surface area (Å²) in [6.45, 7) is 0. The van der Waals surface area contributed by atoms with Crippen LogP contribution in [-0.4, -0.2) is 38.9 Å². The summed E-state index contributed by atoms with van der Waals surface area (Å²) in [4.78, 5) is 29.9. The van der Waals surface area contributed by atoms with E-state index in [4.69, 9.17) is 42.6 Å². The van der Waals surface area contributed by atoms with Gasteiger partial charge in [0.1, 0.15) is 39.8 Å². The van der Waals surface area contributed by atoms with Crippen LogP contribution in [0, 0.1) is 11.6 Å². The number of benzene rings is 4. The molecule has 0 radical (unpaired) electrons. The van der Waals surface area contributed by atoms with Gasteiger partial charge in [-0.1, -0.05) is 38.6 Å². The van der Waals surface area contributed by atoms with Crippen LogP contribution in [0.3, 0.4) is 0 Å². The van der Waals surface area contributed by atoms with Gasteiger partial charge in [0.05, 0.1) is 16.8 Å². The number of hydrogen-bond acceptors (Lipinski definition) is 8. The Morgan fingerprint density at radius 2 is 0.981 bits per heavy atom. The molecule has 0 saturated heterocycles. The lowest BCUT2D eigenvalue weighted by Gasteiger charge is -2.08. The molecule has 6 N–H and O–H groups in total. The van der Waals surface area contributed by atoms with Crippen LogP contribution < -0.4 is 26.4 Å². The average molecular weight is 729 g/mol. The Balaban J connectivity index is 0.000000285. The number of amides is 2. The molecular formula is C38H36BClF2N4O6. The maximum absolute atomic E-state index is 12.9. The van der Waals surface area contributed by atoms with Gasteiger partial charge in [-0.05, 0) is 115 Å². The van der Waals surface area contributed by atoms with E-state index in [0.717, 1.165) is 5.56 Å². The summed E-state index contributed by atoms with van der Waals surface area (Å²) in [5, 5.41) is 18.0. The largest absolute Gasteiger partial charge is 0.488 e. The van der Waals surface area contributed by atoms with Crippen LogP contribution in [0.5, 0.6) is 23.0 Å². The molecule has 2 aromatic heterocycles. The molecule has 6 aromatic rings. The molecule has 2 heterocycles. The lowest BCUT2D eigenvalue weighted by Crippen LogP contribution is -2.29. The first-order valence-electron chi connectivity index (χ1n) is 14.6. The minimum absolute atomic E-state index is 0. The molecule has 4 aromatic carbocycles. The number of hydrogen-bond donors (Lipinski definition) is 4. The zero-order chi connectivity index (χ0) is 36.0. The second kappa shape index (κ2) is 20.5. The molecule has 14 heteroatoms. The SMILES string of the molecule is C.C.NC(=O)c1cccnc1-c1ccc(Oc2ccc(F)cc2)cc1.NC(=O)c1cccnc1Cl.OB(O)c1ccc(Oc2ccc(F)cc2)cc1. The zero-order valence-corrected chi connectivity index (χ0v) is 26.7. The third-order valence-electron chi connectivity index (χ3n) is 6.50. The van der Waals surface area contributed by atoms with Gasteiger partial charge in [-0.2, -0.15) is 0 Å². The maximum atomic E-state index is 12.9. The second-order valence-corrected chi connectivity index (χ2v) is 10.4. The van der Waals surface area contributed by atoms with Crippen LogP contribution in [-0.2, 0) is 0 Å². The van der Waals surface area contributed by atoms with Crippen molar-refractivity contribution in [2.75, 3.05) is 0 Å². The van der Waals surface area contributed by atoms with Crippen LogP contribution in [0.1, 0.15) is 35.6 Å². The standard InChI is InChI=1S/C18H13FN2O2.C12H10BFO3.C6H5ClN2O.2CH4/c19-13-5-9-15(10-6-13)23-14-7-3-12(4-8-14)17-16(18(20)22)2-1-11-21-17;14-10-3-7-12(8-4-10)17-11-5-1-9(2-6-11)13(15)16;7-5-4(6(8)10)2-1-3-9-5;;/h1-11H,(H2,20,22);1-8,15-16H;1-3H,(H2,8,10);2*1H4. The maximum Gasteiger partial charge on any atom is 0.488 e. The smallest absolute Gasteiger partial charge is 0.457 e. The Morgan fingerprint density at radius 1 is 0.596 bits per heavy atom. The third kappa shape index (κ3) is 12.6. The fraction of sp³-hybridized carbons (Fsp3) is 0.0526. The third-order valence-corrected chi connectivity index (χ3v) is 6.80. The van der Waals surface area contributed by atoms with Crippen molar-refractivity contribution in [3.8, 4) is 34.3 Å². The van der Waals surface area contributed by atoms with E-state index < -0.39 is 18.9 Å². The lowest BCUT2D eigenvalue weighted by molar-refractivity contribution is 0.0992. The highest BCUT2D eigenvalue weighted by atomic mass is 35.5. The van der Waals surface area contributed by atoms with Gasteiger partial charge in [-0.3, -0.25) is 14.6 Å². The first kappa shape index (κ1) is 42.0. The van der Waals surface area contributed by atoms with Gasteiger partial charge in [0.15, 0.2) is 0 Å². The van der Waals surface area contributed by atoms with Crippen molar-refractivity contribution in [1.29, 1.82) is 0 Å². The number of carbonyl (C=O) groups excluding carboxylic acids is 2. The molecule has 52 heavy (non-hydrogen) atoms. The predicted molar refractivity (Wildman–Crippen MR) is 199 cm³/mol. The van der Waals surface area contributed by atoms with Gasteiger partial charge in [0.25, 0.3) is 11.8 Å². The summed E-state index contributed by atoms with van der Waals surface area (Å²) >= 11 is 5.51. The van der Waals surface area contributed by atoms with E-state index in [1.54, 1.807) is 85.1 Å². The highest BCUT2D eigenvalue weighted by molar-refractivity contribution is 6.58. The number of primary amides is 2. The van der Waals surface area contributed by atoms with Crippen LogP contribution >= 0.6 is 11.6 Å².